The van der Waals surface area contributed by atoms with E-state index >= 15 is 0 Å². The number of amides is 1. The van der Waals surface area contributed by atoms with E-state index in [4.69, 9.17) is 4.74 Å². The maximum atomic E-state index is 13.3. The van der Waals surface area contributed by atoms with Crippen molar-refractivity contribution in [3.05, 3.63) is 59.6 Å². The molecule has 0 spiro atoms. The molecule has 2 aliphatic heterocycles. The van der Waals surface area contributed by atoms with E-state index in [1.165, 1.54) is 49.4 Å². The molecule has 0 saturated carbocycles. The van der Waals surface area contributed by atoms with Crippen LogP contribution in [-0.4, -0.2) is 61.4 Å². The molecule has 0 radical (unpaired) electrons. The first kappa shape index (κ1) is 20.7. The average molecular weight is 421 g/mol. The van der Waals surface area contributed by atoms with Crippen molar-refractivity contribution in [2.75, 3.05) is 19.3 Å². The third-order valence-electron chi connectivity index (χ3n) is 4.38. The molecule has 0 fully saturated rings. The zero-order chi connectivity index (χ0) is 21.2. The molecule has 1 amide bonds. The highest BCUT2D eigenvalue weighted by molar-refractivity contribution is 7.90. The maximum Gasteiger partial charge on any atom is 0.340 e. The number of amidine groups is 1. The van der Waals surface area contributed by atoms with Gasteiger partial charge in [-0.15, -0.1) is 4.40 Å². The lowest BCUT2D eigenvalue weighted by Gasteiger charge is -2.27. The number of sulfonamides is 1. The van der Waals surface area contributed by atoms with Crippen molar-refractivity contribution in [3.63, 3.8) is 0 Å². The van der Waals surface area contributed by atoms with Crippen LogP contribution >= 0.6 is 0 Å². The van der Waals surface area contributed by atoms with Crippen molar-refractivity contribution in [2.45, 2.75) is 19.6 Å². The van der Waals surface area contributed by atoms with Gasteiger partial charge in [0.2, 0.25) is 0 Å². The second-order valence-corrected chi connectivity index (χ2v) is 8.47. The molecule has 8 nitrogen and oxygen atoms in total. The summed E-state index contributed by atoms with van der Waals surface area (Å²) in [5, 5.41) is 0. The summed E-state index contributed by atoms with van der Waals surface area (Å²) < 4.78 is 45.2. The summed E-state index contributed by atoms with van der Waals surface area (Å²) in [5.74, 6) is -1.47. The average Bonchev–Trinajstić information content (AvgIpc) is 2.66. The lowest BCUT2D eigenvalue weighted by molar-refractivity contribution is -0.155. The number of rotatable bonds is 5. The predicted molar refractivity (Wildman–Crippen MR) is 104 cm³/mol. The fourth-order valence-corrected chi connectivity index (χ4v) is 3.87. The minimum absolute atomic E-state index is 0.150. The summed E-state index contributed by atoms with van der Waals surface area (Å²) in [6, 6.07) is 5.89. The minimum Gasteiger partial charge on any atom is -0.449 e. The number of hydrogen-bond donors (Lipinski definition) is 0. The normalized spacial score (nSPS) is 18.2. The zero-order valence-corrected chi connectivity index (χ0v) is 16.7. The molecule has 1 aromatic rings. The Morgan fingerprint density at radius 2 is 2.10 bits per heavy atom. The summed E-state index contributed by atoms with van der Waals surface area (Å²) >= 11 is 0. The molecule has 3 rings (SSSR count). The monoisotopic (exact) mass is 421 g/mol. The van der Waals surface area contributed by atoms with Gasteiger partial charge in [0.25, 0.3) is 15.9 Å². The van der Waals surface area contributed by atoms with Gasteiger partial charge in [0, 0.05) is 26.3 Å². The van der Waals surface area contributed by atoms with E-state index in [0.717, 1.165) is 0 Å². The van der Waals surface area contributed by atoms with Crippen LogP contribution in [0, 0.1) is 5.82 Å². The smallest absolute Gasteiger partial charge is 0.340 e. The Labute approximate surface area is 168 Å². The van der Waals surface area contributed by atoms with Crippen LogP contribution < -0.4 is 0 Å². The lowest BCUT2D eigenvalue weighted by atomic mass is 10.2. The number of esters is 1. The van der Waals surface area contributed by atoms with E-state index < -0.39 is 33.8 Å². The van der Waals surface area contributed by atoms with Gasteiger partial charge in [-0.2, -0.15) is 0 Å². The first-order chi connectivity index (χ1) is 13.6. The number of ether oxygens (including phenoxy) is 1. The maximum absolute atomic E-state index is 13.3. The molecule has 0 N–H and O–H groups in total. The van der Waals surface area contributed by atoms with Gasteiger partial charge in [-0.3, -0.25) is 4.79 Å². The number of benzene rings is 1. The third-order valence-corrected chi connectivity index (χ3v) is 5.54. The highest BCUT2D eigenvalue weighted by atomic mass is 32.2. The molecule has 2 aliphatic rings. The molecular formula is C19H20FN3O5S. The van der Waals surface area contributed by atoms with Gasteiger partial charge < -0.3 is 14.5 Å². The second-order valence-electron chi connectivity index (χ2n) is 6.72. The Bertz CT molecular complexity index is 1030. The quantitative estimate of drug-likeness (QED) is 0.663. The van der Waals surface area contributed by atoms with Crippen LogP contribution in [0.15, 0.2) is 52.6 Å². The number of hydrogen-bond acceptors (Lipinski definition) is 6. The molecule has 2 heterocycles. The minimum atomic E-state index is -3.48. The molecule has 0 bridgehead atoms. The van der Waals surface area contributed by atoms with Gasteiger partial charge in [-0.1, -0.05) is 12.1 Å². The van der Waals surface area contributed by atoms with Crippen molar-refractivity contribution >= 4 is 27.7 Å². The summed E-state index contributed by atoms with van der Waals surface area (Å²) in [6.45, 7) is 1.80. The van der Waals surface area contributed by atoms with Crippen LogP contribution in [0.5, 0.6) is 0 Å². The van der Waals surface area contributed by atoms with Crippen LogP contribution in [0.4, 0.5) is 4.39 Å². The summed E-state index contributed by atoms with van der Waals surface area (Å²) in [7, 11) is -1.95. The van der Waals surface area contributed by atoms with Crippen molar-refractivity contribution in [2.24, 2.45) is 4.40 Å². The third kappa shape index (κ3) is 5.08. The second kappa shape index (κ2) is 8.16. The number of nitrogens with zero attached hydrogens (tertiary/aromatic N) is 3. The van der Waals surface area contributed by atoms with Gasteiger partial charge in [0.1, 0.15) is 11.7 Å². The van der Waals surface area contributed by atoms with Crippen molar-refractivity contribution in [3.8, 4) is 0 Å². The Kier molecular flexibility index (Phi) is 5.83. The first-order valence-electron chi connectivity index (χ1n) is 8.84. The van der Waals surface area contributed by atoms with Gasteiger partial charge in [-0.05, 0) is 36.8 Å². The van der Waals surface area contributed by atoms with Crippen LogP contribution in [0.2, 0.25) is 0 Å². The Hall–Kier alpha value is -3.01. The summed E-state index contributed by atoms with van der Waals surface area (Å²) in [4.78, 5) is 27.8. The van der Waals surface area contributed by atoms with Crippen molar-refractivity contribution in [1.82, 2.24) is 9.80 Å². The number of halogens is 1. The van der Waals surface area contributed by atoms with E-state index in [1.54, 1.807) is 17.0 Å². The van der Waals surface area contributed by atoms with Gasteiger partial charge >= 0.3 is 5.97 Å². The molecule has 0 saturated heterocycles. The standard InChI is InChI=1S/C19H20FN3O5S/c1-13(18(24)22(2)11-14-4-3-5-16(20)10-14)28-19(25)15-6-7-17-21-29(26,27)9-8-23(17)12-15/h3-7,10,12-13H,8-9,11H2,1-2H3/t13-/m0/s1. The summed E-state index contributed by atoms with van der Waals surface area (Å²) in [6.07, 6.45) is 3.21. The van der Waals surface area contributed by atoms with Crippen LogP contribution in [-0.2, 0) is 30.9 Å². The topological polar surface area (TPSA) is 96.3 Å². The highest BCUT2D eigenvalue weighted by Gasteiger charge is 2.27. The molecule has 29 heavy (non-hydrogen) atoms. The van der Waals surface area contributed by atoms with Crippen LogP contribution in [0.3, 0.4) is 0 Å². The number of carbonyl (C=O) groups excluding carboxylic acids is 2. The van der Waals surface area contributed by atoms with Crippen molar-refractivity contribution < 1.29 is 27.1 Å². The summed E-state index contributed by atoms with van der Waals surface area (Å²) in [5.41, 5.74) is 0.792. The molecule has 1 atom stereocenters. The van der Waals surface area contributed by atoms with E-state index in [9.17, 15) is 22.4 Å². The van der Waals surface area contributed by atoms with Gasteiger partial charge in [-0.25, -0.2) is 17.6 Å². The van der Waals surface area contributed by atoms with E-state index in [-0.39, 0.29) is 30.3 Å². The molecule has 0 aromatic heterocycles. The van der Waals surface area contributed by atoms with E-state index in [1.807, 2.05) is 0 Å². The highest BCUT2D eigenvalue weighted by Crippen LogP contribution is 2.17. The Morgan fingerprint density at radius 3 is 2.83 bits per heavy atom. The zero-order valence-electron chi connectivity index (χ0n) is 15.9. The predicted octanol–water partition coefficient (Wildman–Crippen LogP) is 1.21. The van der Waals surface area contributed by atoms with E-state index in [2.05, 4.69) is 4.40 Å². The molecule has 10 heteroatoms. The molecular weight excluding hydrogens is 401 g/mol. The van der Waals surface area contributed by atoms with Gasteiger partial charge in [0.15, 0.2) is 6.10 Å². The van der Waals surface area contributed by atoms with Crippen molar-refractivity contribution in [1.29, 1.82) is 0 Å². The lowest BCUT2D eigenvalue weighted by Crippen LogP contribution is -2.39. The van der Waals surface area contributed by atoms with Gasteiger partial charge in [0.05, 0.1) is 11.3 Å². The Morgan fingerprint density at radius 1 is 1.34 bits per heavy atom. The SMILES string of the molecule is C[C@H](OC(=O)C1=CN2CCS(=O)(=O)N=C2C=C1)C(=O)N(C)Cc1cccc(F)c1. The molecule has 154 valence electrons. The number of likely N-dealkylation sites (N-methyl/N-ethyl adjacent to an activating group) is 1. The fraction of sp³-hybridized carbons (Fsp3) is 0.316. The molecule has 1 aromatic carbocycles. The molecule has 0 unspecified atom stereocenters. The largest absolute Gasteiger partial charge is 0.449 e. The first-order valence-corrected chi connectivity index (χ1v) is 10.4. The molecule has 0 aliphatic carbocycles. The fourth-order valence-electron chi connectivity index (χ4n) is 2.90. The van der Waals surface area contributed by atoms with E-state index in [0.29, 0.717) is 5.56 Å². The number of fused-ring (bicyclic) bond motifs is 1. The Balaban J connectivity index is 1.61. The number of carbonyl (C=O) groups is 2. The van der Waals surface area contributed by atoms with Crippen LogP contribution in [0.1, 0.15) is 12.5 Å². The van der Waals surface area contributed by atoms with Crippen LogP contribution in [0.25, 0.3) is 0 Å².